The van der Waals surface area contributed by atoms with E-state index in [2.05, 4.69) is 0 Å². The standard InChI is InChI=1S/C10H16O2/c1-12-9(11)10-6-2-4-8(10)5-3-7-10/h8H,2-7H2,1H3. The van der Waals surface area contributed by atoms with E-state index in [4.69, 9.17) is 4.74 Å². The van der Waals surface area contributed by atoms with Crippen LogP contribution in [0, 0.1) is 11.3 Å². The van der Waals surface area contributed by atoms with Crippen molar-refractivity contribution in [3.63, 3.8) is 0 Å². The number of carbonyl (C=O) groups is 1. The lowest BCUT2D eigenvalue weighted by Gasteiger charge is -2.25. The summed E-state index contributed by atoms with van der Waals surface area (Å²) in [6.07, 6.45) is 7.08. The third kappa shape index (κ3) is 0.900. The highest BCUT2D eigenvalue weighted by Crippen LogP contribution is 2.54. The van der Waals surface area contributed by atoms with Crippen LogP contribution >= 0.6 is 0 Å². The molecule has 2 rings (SSSR count). The van der Waals surface area contributed by atoms with Gasteiger partial charge in [0.25, 0.3) is 0 Å². The van der Waals surface area contributed by atoms with Gasteiger partial charge in [-0.25, -0.2) is 0 Å². The maximum atomic E-state index is 11.6. The molecule has 12 heavy (non-hydrogen) atoms. The van der Waals surface area contributed by atoms with Gasteiger partial charge in [-0.15, -0.1) is 0 Å². The van der Waals surface area contributed by atoms with Crippen LogP contribution in [0.2, 0.25) is 0 Å². The van der Waals surface area contributed by atoms with E-state index in [0.29, 0.717) is 5.92 Å². The molecule has 0 radical (unpaired) electrons. The number of fused-ring (bicyclic) bond motifs is 1. The van der Waals surface area contributed by atoms with Gasteiger partial charge in [-0.3, -0.25) is 4.79 Å². The van der Waals surface area contributed by atoms with Crippen LogP contribution in [-0.2, 0) is 9.53 Å². The van der Waals surface area contributed by atoms with Gasteiger partial charge >= 0.3 is 5.97 Å². The van der Waals surface area contributed by atoms with Crippen LogP contribution in [0.3, 0.4) is 0 Å². The summed E-state index contributed by atoms with van der Waals surface area (Å²) in [6, 6.07) is 0. The van der Waals surface area contributed by atoms with E-state index in [1.54, 1.807) is 0 Å². The largest absolute Gasteiger partial charge is 0.469 e. The molecule has 0 aromatic heterocycles. The first-order valence-electron chi connectivity index (χ1n) is 4.88. The van der Waals surface area contributed by atoms with Gasteiger partial charge in [-0.1, -0.05) is 12.8 Å². The molecular weight excluding hydrogens is 152 g/mol. The third-order valence-corrected chi connectivity index (χ3v) is 3.72. The number of ether oxygens (including phenoxy) is 1. The number of hydrogen-bond acceptors (Lipinski definition) is 2. The molecule has 0 spiro atoms. The van der Waals surface area contributed by atoms with E-state index in [1.165, 1.54) is 32.8 Å². The van der Waals surface area contributed by atoms with Crippen molar-refractivity contribution in [2.45, 2.75) is 38.5 Å². The smallest absolute Gasteiger partial charge is 0.312 e. The molecule has 0 N–H and O–H groups in total. The van der Waals surface area contributed by atoms with Crippen LogP contribution in [0.5, 0.6) is 0 Å². The van der Waals surface area contributed by atoms with Gasteiger partial charge in [-0.2, -0.15) is 0 Å². The number of rotatable bonds is 1. The summed E-state index contributed by atoms with van der Waals surface area (Å²) < 4.78 is 4.90. The monoisotopic (exact) mass is 168 g/mol. The first-order chi connectivity index (χ1) is 5.79. The Morgan fingerprint density at radius 2 is 1.92 bits per heavy atom. The zero-order valence-corrected chi connectivity index (χ0v) is 7.64. The summed E-state index contributed by atoms with van der Waals surface area (Å²) in [5, 5.41) is 0. The predicted molar refractivity (Wildman–Crippen MR) is 45.6 cm³/mol. The summed E-state index contributed by atoms with van der Waals surface area (Å²) in [4.78, 5) is 11.6. The first kappa shape index (κ1) is 8.09. The lowest BCUT2D eigenvalue weighted by atomic mass is 9.80. The van der Waals surface area contributed by atoms with Crippen LogP contribution in [0.1, 0.15) is 38.5 Å². The normalized spacial score (nSPS) is 39.6. The number of methoxy groups -OCH3 is 1. The van der Waals surface area contributed by atoms with E-state index >= 15 is 0 Å². The lowest BCUT2D eigenvalue weighted by molar-refractivity contribution is -0.154. The molecule has 2 aliphatic carbocycles. The van der Waals surface area contributed by atoms with E-state index in [1.807, 2.05) is 0 Å². The molecule has 0 amide bonds. The highest BCUT2D eigenvalue weighted by molar-refractivity contribution is 5.78. The van der Waals surface area contributed by atoms with Crippen molar-refractivity contribution in [1.82, 2.24) is 0 Å². The molecule has 2 aliphatic rings. The molecule has 2 fully saturated rings. The van der Waals surface area contributed by atoms with E-state index in [-0.39, 0.29) is 11.4 Å². The highest BCUT2D eigenvalue weighted by Gasteiger charge is 2.52. The highest BCUT2D eigenvalue weighted by atomic mass is 16.5. The molecule has 0 heterocycles. The maximum Gasteiger partial charge on any atom is 0.312 e. The SMILES string of the molecule is COC(=O)C12CCCC1CCC2. The Hall–Kier alpha value is -0.530. The van der Waals surface area contributed by atoms with Crippen molar-refractivity contribution in [2.24, 2.45) is 11.3 Å². The van der Waals surface area contributed by atoms with Gasteiger partial charge in [0.2, 0.25) is 0 Å². The molecule has 2 heteroatoms. The Balaban J connectivity index is 2.21. The molecule has 68 valence electrons. The fourth-order valence-electron chi connectivity index (χ4n) is 3.13. The zero-order valence-electron chi connectivity index (χ0n) is 7.64. The maximum absolute atomic E-state index is 11.6. The molecule has 0 bridgehead atoms. The first-order valence-corrected chi connectivity index (χ1v) is 4.88. The molecule has 0 aromatic carbocycles. The molecule has 2 saturated carbocycles. The molecule has 0 atom stereocenters. The Kier molecular flexibility index (Phi) is 1.85. The van der Waals surface area contributed by atoms with E-state index in [0.717, 1.165) is 12.8 Å². The Bertz CT molecular complexity index is 188. The summed E-state index contributed by atoms with van der Waals surface area (Å²) in [5.74, 6) is 0.701. The Labute approximate surface area is 73.3 Å². The number of carbonyl (C=O) groups excluding carboxylic acids is 1. The Morgan fingerprint density at radius 3 is 2.42 bits per heavy atom. The second kappa shape index (κ2) is 2.75. The summed E-state index contributed by atoms with van der Waals surface area (Å²) in [6.45, 7) is 0. The van der Waals surface area contributed by atoms with Gasteiger partial charge in [0, 0.05) is 0 Å². The van der Waals surface area contributed by atoms with Crippen LogP contribution < -0.4 is 0 Å². The van der Waals surface area contributed by atoms with E-state index in [9.17, 15) is 4.79 Å². The quantitative estimate of drug-likeness (QED) is 0.561. The lowest BCUT2D eigenvalue weighted by Crippen LogP contribution is -2.31. The van der Waals surface area contributed by atoms with Crippen LogP contribution in [0.4, 0.5) is 0 Å². The van der Waals surface area contributed by atoms with Crippen LogP contribution in [-0.4, -0.2) is 13.1 Å². The zero-order chi connectivity index (χ0) is 8.60. The summed E-state index contributed by atoms with van der Waals surface area (Å²) >= 11 is 0. The Morgan fingerprint density at radius 1 is 1.33 bits per heavy atom. The van der Waals surface area contributed by atoms with E-state index < -0.39 is 0 Å². The summed E-state index contributed by atoms with van der Waals surface area (Å²) in [7, 11) is 1.52. The molecule has 0 unspecified atom stereocenters. The van der Waals surface area contributed by atoms with Gasteiger partial charge in [-0.05, 0) is 31.6 Å². The number of hydrogen-bond donors (Lipinski definition) is 0. The van der Waals surface area contributed by atoms with Crippen molar-refractivity contribution in [3.8, 4) is 0 Å². The van der Waals surface area contributed by atoms with Gasteiger partial charge in [0.05, 0.1) is 12.5 Å². The fourth-order valence-corrected chi connectivity index (χ4v) is 3.13. The van der Waals surface area contributed by atoms with Gasteiger partial charge < -0.3 is 4.74 Å². The average molecular weight is 168 g/mol. The van der Waals surface area contributed by atoms with Crippen molar-refractivity contribution < 1.29 is 9.53 Å². The van der Waals surface area contributed by atoms with Gasteiger partial charge in [0.15, 0.2) is 0 Å². The molecule has 0 saturated heterocycles. The van der Waals surface area contributed by atoms with Crippen molar-refractivity contribution in [3.05, 3.63) is 0 Å². The van der Waals surface area contributed by atoms with Crippen molar-refractivity contribution >= 4 is 5.97 Å². The second-order valence-corrected chi connectivity index (χ2v) is 4.13. The molecule has 2 nitrogen and oxygen atoms in total. The molecule has 0 aromatic rings. The van der Waals surface area contributed by atoms with Crippen molar-refractivity contribution in [2.75, 3.05) is 7.11 Å². The van der Waals surface area contributed by atoms with Crippen LogP contribution in [0.25, 0.3) is 0 Å². The van der Waals surface area contributed by atoms with Crippen molar-refractivity contribution in [1.29, 1.82) is 0 Å². The fraction of sp³-hybridized carbons (Fsp3) is 0.900. The minimum Gasteiger partial charge on any atom is -0.469 e. The topological polar surface area (TPSA) is 26.3 Å². The minimum absolute atomic E-state index is 0.0469. The summed E-state index contributed by atoms with van der Waals surface area (Å²) in [5.41, 5.74) is -0.0469. The third-order valence-electron chi connectivity index (χ3n) is 3.72. The minimum atomic E-state index is -0.0469. The van der Waals surface area contributed by atoms with Gasteiger partial charge in [0.1, 0.15) is 0 Å². The average Bonchev–Trinajstić information content (AvgIpc) is 2.60. The predicted octanol–water partition coefficient (Wildman–Crippen LogP) is 2.13. The van der Waals surface area contributed by atoms with Crippen LogP contribution in [0.15, 0.2) is 0 Å². The molecule has 0 aliphatic heterocycles. The molecular formula is C10H16O2. The second-order valence-electron chi connectivity index (χ2n) is 4.13. The number of esters is 1.